The Morgan fingerprint density at radius 1 is 1.33 bits per heavy atom. The maximum Gasteiger partial charge on any atom is 0.317 e. The zero-order valence-electron chi connectivity index (χ0n) is 13.2. The van der Waals surface area contributed by atoms with Crippen LogP contribution in [-0.4, -0.2) is 55.4 Å². The summed E-state index contributed by atoms with van der Waals surface area (Å²) in [5.41, 5.74) is 0.151. The molecule has 0 spiro atoms. The van der Waals surface area contributed by atoms with Crippen LogP contribution in [0.1, 0.15) is 45.4 Å². The first-order chi connectivity index (χ1) is 9.99. The summed E-state index contributed by atoms with van der Waals surface area (Å²) >= 11 is 0. The number of carboxylic acid groups (broad SMARTS) is 1. The predicted octanol–water partition coefficient (Wildman–Crippen LogP) is 2.09. The van der Waals surface area contributed by atoms with E-state index in [0.717, 1.165) is 32.5 Å². The van der Waals surface area contributed by atoms with Crippen molar-refractivity contribution >= 4 is 12.0 Å². The molecule has 0 saturated heterocycles. The first kappa shape index (κ1) is 17.8. The Balaban J connectivity index is 2.38. The number of hydrogen-bond acceptors (Lipinski definition) is 3. The highest BCUT2D eigenvalue weighted by Gasteiger charge is 2.34. The topological polar surface area (TPSA) is 78.9 Å². The molecule has 0 aromatic carbocycles. The number of carbonyl (C=O) groups is 2. The van der Waals surface area contributed by atoms with Crippen molar-refractivity contribution in [1.82, 2.24) is 10.2 Å². The van der Waals surface area contributed by atoms with Gasteiger partial charge in [-0.25, -0.2) is 4.79 Å². The van der Waals surface area contributed by atoms with E-state index >= 15 is 0 Å². The van der Waals surface area contributed by atoms with Crippen LogP contribution in [0.3, 0.4) is 0 Å². The highest BCUT2D eigenvalue weighted by atomic mass is 16.5. The molecule has 6 nitrogen and oxygen atoms in total. The van der Waals surface area contributed by atoms with E-state index in [9.17, 15) is 9.59 Å². The molecule has 0 radical (unpaired) electrons. The molecule has 6 heteroatoms. The molecule has 21 heavy (non-hydrogen) atoms. The molecule has 1 aliphatic carbocycles. The number of amides is 2. The Labute approximate surface area is 126 Å². The lowest BCUT2D eigenvalue weighted by atomic mass is 9.83. The van der Waals surface area contributed by atoms with Crippen molar-refractivity contribution in [3.63, 3.8) is 0 Å². The normalized spacial score (nSPS) is 16.7. The fourth-order valence-electron chi connectivity index (χ4n) is 2.84. The van der Waals surface area contributed by atoms with Crippen LogP contribution in [0.2, 0.25) is 0 Å². The van der Waals surface area contributed by atoms with Crippen molar-refractivity contribution in [3.05, 3.63) is 0 Å². The number of carboxylic acids is 1. The maximum absolute atomic E-state index is 12.0. The fourth-order valence-corrected chi connectivity index (χ4v) is 2.84. The van der Waals surface area contributed by atoms with E-state index < -0.39 is 5.97 Å². The average Bonchev–Trinajstić information content (AvgIpc) is 2.91. The van der Waals surface area contributed by atoms with Crippen LogP contribution >= 0.6 is 0 Å². The predicted molar refractivity (Wildman–Crippen MR) is 80.3 cm³/mol. The first-order valence-corrected chi connectivity index (χ1v) is 7.77. The lowest BCUT2D eigenvalue weighted by Crippen LogP contribution is -2.43. The molecule has 0 heterocycles. The van der Waals surface area contributed by atoms with Gasteiger partial charge in [-0.1, -0.05) is 12.8 Å². The van der Waals surface area contributed by atoms with Gasteiger partial charge in [0.1, 0.15) is 0 Å². The molecule has 2 amide bonds. The van der Waals surface area contributed by atoms with Gasteiger partial charge in [0.25, 0.3) is 0 Å². The number of urea groups is 1. The fraction of sp³-hybridized carbons (Fsp3) is 0.867. The third kappa shape index (κ3) is 6.33. The molecule has 122 valence electrons. The second-order valence-electron chi connectivity index (χ2n) is 5.88. The lowest BCUT2D eigenvalue weighted by Gasteiger charge is -2.30. The van der Waals surface area contributed by atoms with E-state index in [1.54, 1.807) is 7.05 Å². The van der Waals surface area contributed by atoms with Crippen LogP contribution in [0.5, 0.6) is 0 Å². The van der Waals surface area contributed by atoms with Crippen LogP contribution in [0, 0.1) is 5.41 Å². The van der Waals surface area contributed by atoms with Crippen LogP contribution < -0.4 is 5.32 Å². The number of hydrogen-bond donors (Lipinski definition) is 2. The Morgan fingerprint density at radius 2 is 2.00 bits per heavy atom. The number of nitrogens with zero attached hydrogens (tertiary/aromatic N) is 1. The minimum atomic E-state index is -0.890. The smallest absolute Gasteiger partial charge is 0.317 e. The molecular formula is C15H28N2O4. The summed E-state index contributed by atoms with van der Waals surface area (Å²) < 4.78 is 5.45. The van der Waals surface area contributed by atoms with Crippen molar-refractivity contribution in [2.75, 3.05) is 33.4 Å². The lowest BCUT2D eigenvalue weighted by molar-refractivity contribution is -0.137. The van der Waals surface area contributed by atoms with Crippen molar-refractivity contribution < 1.29 is 19.4 Å². The zero-order valence-corrected chi connectivity index (χ0v) is 13.2. The van der Waals surface area contributed by atoms with Crippen LogP contribution in [0.4, 0.5) is 4.79 Å². The molecule has 1 aliphatic rings. The van der Waals surface area contributed by atoms with Gasteiger partial charge in [-0.2, -0.15) is 0 Å². The SMILES string of the molecule is CCOCCC1(CNC(=O)N(C)CCC(=O)O)CCCC1. The van der Waals surface area contributed by atoms with Crippen LogP contribution in [0.15, 0.2) is 0 Å². The van der Waals surface area contributed by atoms with Gasteiger partial charge >= 0.3 is 12.0 Å². The Morgan fingerprint density at radius 3 is 2.57 bits per heavy atom. The van der Waals surface area contributed by atoms with Gasteiger partial charge in [0, 0.05) is 33.4 Å². The van der Waals surface area contributed by atoms with Crippen molar-refractivity contribution in [2.45, 2.75) is 45.4 Å². The van der Waals surface area contributed by atoms with Crippen molar-refractivity contribution in [3.8, 4) is 0 Å². The largest absolute Gasteiger partial charge is 0.481 e. The molecule has 1 rings (SSSR count). The van der Waals surface area contributed by atoms with Crippen molar-refractivity contribution in [1.29, 1.82) is 0 Å². The number of rotatable bonds is 9. The first-order valence-electron chi connectivity index (χ1n) is 7.77. The molecule has 0 bridgehead atoms. The molecule has 0 aromatic heterocycles. The second-order valence-corrected chi connectivity index (χ2v) is 5.88. The average molecular weight is 300 g/mol. The molecule has 0 unspecified atom stereocenters. The Bertz CT molecular complexity index is 341. The van der Waals surface area contributed by atoms with Crippen LogP contribution in [0.25, 0.3) is 0 Å². The molecular weight excluding hydrogens is 272 g/mol. The van der Waals surface area contributed by atoms with E-state index in [-0.39, 0.29) is 24.4 Å². The maximum atomic E-state index is 12.0. The van der Waals surface area contributed by atoms with E-state index in [4.69, 9.17) is 9.84 Å². The number of ether oxygens (including phenoxy) is 1. The van der Waals surface area contributed by atoms with Gasteiger partial charge in [-0.3, -0.25) is 4.79 Å². The molecule has 1 saturated carbocycles. The number of nitrogens with one attached hydrogen (secondary N) is 1. The number of carbonyl (C=O) groups excluding carboxylic acids is 1. The Kier molecular flexibility index (Phi) is 7.50. The van der Waals surface area contributed by atoms with E-state index in [1.807, 2.05) is 6.92 Å². The summed E-state index contributed by atoms with van der Waals surface area (Å²) in [7, 11) is 1.62. The van der Waals surface area contributed by atoms with Gasteiger partial charge in [0.2, 0.25) is 0 Å². The van der Waals surface area contributed by atoms with Crippen molar-refractivity contribution in [2.24, 2.45) is 5.41 Å². The summed E-state index contributed by atoms with van der Waals surface area (Å²) in [6.07, 6.45) is 5.60. The zero-order chi connectivity index (χ0) is 15.7. The highest BCUT2D eigenvalue weighted by molar-refractivity contribution is 5.75. The summed E-state index contributed by atoms with van der Waals surface area (Å²) in [6, 6.07) is -0.195. The van der Waals surface area contributed by atoms with E-state index in [1.165, 1.54) is 17.7 Å². The second kappa shape index (κ2) is 8.87. The quantitative estimate of drug-likeness (QED) is 0.639. The van der Waals surface area contributed by atoms with Gasteiger partial charge < -0.3 is 20.1 Å². The molecule has 1 fully saturated rings. The van der Waals surface area contributed by atoms with E-state index in [2.05, 4.69) is 5.32 Å². The van der Waals surface area contributed by atoms with Gasteiger partial charge in [-0.05, 0) is 31.6 Å². The van der Waals surface area contributed by atoms with Gasteiger partial charge in [0.15, 0.2) is 0 Å². The van der Waals surface area contributed by atoms with Gasteiger partial charge in [-0.15, -0.1) is 0 Å². The third-order valence-electron chi connectivity index (χ3n) is 4.27. The summed E-state index contributed by atoms with van der Waals surface area (Å²) in [4.78, 5) is 23.9. The Hall–Kier alpha value is -1.30. The van der Waals surface area contributed by atoms with E-state index in [0.29, 0.717) is 6.54 Å². The van der Waals surface area contributed by atoms with Gasteiger partial charge in [0.05, 0.1) is 6.42 Å². The summed E-state index contributed by atoms with van der Waals surface area (Å²) in [5.74, 6) is -0.890. The molecule has 2 N–H and O–H groups in total. The summed E-state index contributed by atoms with van der Waals surface area (Å²) in [5, 5.41) is 11.6. The molecule has 0 aromatic rings. The monoisotopic (exact) mass is 300 g/mol. The standard InChI is InChI=1S/C15H28N2O4/c1-3-21-11-9-15(7-4-5-8-15)12-16-14(20)17(2)10-6-13(18)19/h3-12H2,1-2H3,(H,16,20)(H,18,19). The molecule has 0 aliphatic heterocycles. The third-order valence-corrected chi connectivity index (χ3v) is 4.27. The minimum absolute atomic E-state index is 0.0284. The number of aliphatic carboxylic acids is 1. The van der Waals surface area contributed by atoms with Crippen LogP contribution in [-0.2, 0) is 9.53 Å². The minimum Gasteiger partial charge on any atom is -0.481 e. The molecule has 0 atom stereocenters. The summed E-state index contributed by atoms with van der Waals surface area (Å²) in [6.45, 7) is 4.32. The highest BCUT2D eigenvalue weighted by Crippen LogP contribution is 2.40.